The number of nitrogens with zero attached hydrogens (tertiary/aromatic N) is 6. The first-order valence-corrected chi connectivity index (χ1v) is 9.65. The van der Waals surface area contributed by atoms with Crippen LogP contribution >= 0.6 is 11.8 Å². The molecule has 0 bridgehead atoms. The Labute approximate surface area is 161 Å². The van der Waals surface area contributed by atoms with Crippen LogP contribution < -0.4 is 5.32 Å². The van der Waals surface area contributed by atoms with Gasteiger partial charge in [0.25, 0.3) is 0 Å². The number of hydrogen-bond acceptors (Lipinski definition) is 7. The Bertz CT molecular complexity index is 828. The van der Waals surface area contributed by atoms with Crippen molar-refractivity contribution in [3.05, 3.63) is 27.3 Å². The Balaban J connectivity index is 1.95. The molecule has 0 aliphatic heterocycles. The predicted molar refractivity (Wildman–Crippen MR) is 102 cm³/mol. The first-order valence-electron chi connectivity index (χ1n) is 8.66. The summed E-state index contributed by atoms with van der Waals surface area (Å²) in [5.41, 5.74) is 0.979. The normalized spacial score (nSPS) is 11.2. The molecule has 0 atom stereocenters. The molecule has 0 unspecified atom stereocenters. The number of carbonyl (C=O) groups excluding carboxylic acids is 1. The van der Waals surface area contributed by atoms with Crippen molar-refractivity contribution >= 4 is 23.4 Å². The molecule has 0 spiro atoms. The van der Waals surface area contributed by atoms with E-state index < -0.39 is 4.92 Å². The van der Waals surface area contributed by atoms with Crippen LogP contribution in [-0.4, -0.2) is 47.7 Å². The van der Waals surface area contributed by atoms with E-state index in [9.17, 15) is 14.9 Å². The summed E-state index contributed by atoms with van der Waals surface area (Å²) in [5.74, 6) is 1.39. The number of nitro groups is 1. The first-order chi connectivity index (χ1) is 12.7. The average molecular weight is 395 g/mol. The molecule has 10 nitrogen and oxygen atoms in total. The van der Waals surface area contributed by atoms with Crippen molar-refractivity contribution < 1.29 is 9.72 Å². The molecule has 2 rings (SSSR count). The van der Waals surface area contributed by atoms with Crippen molar-refractivity contribution in [1.82, 2.24) is 29.9 Å². The Kier molecular flexibility index (Phi) is 6.94. The molecule has 2 aromatic heterocycles. The van der Waals surface area contributed by atoms with E-state index in [2.05, 4.69) is 20.6 Å². The summed E-state index contributed by atoms with van der Waals surface area (Å²) >= 11 is 1.33. The van der Waals surface area contributed by atoms with Crippen molar-refractivity contribution in [2.75, 3.05) is 12.3 Å². The summed E-state index contributed by atoms with van der Waals surface area (Å²) in [6, 6.07) is 0. The highest BCUT2D eigenvalue weighted by molar-refractivity contribution is 7.99. The van der Waals surface area contributed by atoms with Gasteiger partial charge in [0.05, 0.1) is 10.7 Å². The van der Waals surface area contributed by atoms with Crippen LogP contribution in [0.3, 0.4) is 0 Å². The molecule has 0 aliphatic carbocycles. The zero-order valence-corrected chi connectivity index (χ0v) is 17.0. The second-order valence-electron chi connectivity index (χ2n) is 6.69. The van der Waals surface area contributed by atoms with Crippen molar-refractivity contribution in [3.8, 4) is 0 Å². The molecule has 2 aromatic rings. The summed E-state index contributed by atoms with van der Waals surface area (Å²) < 4.78 is 3.45. The Morgan fingerprint density at radius 1 is 1.33 bits per heavy atom. The number of amides is 1. The van der Waals surface area contributed by atoms with Crippen LogP contribution in [0.1, 0.15) is 31.1 Å². The van der Waals surface area contributed by atoms with Gasteiger partial charge in [0, 0.05) is 26.6 Å². The number of aromatic nitrogens is 5. The van der Waals surface area contributed by atoms with Gasteiger partial charge in [-0.1, -0.05) is 25.6 Å². The molecule has 27 heavy (non-hydrogen) atoms. The van der Waals surface area contributed by atoms with Gasteiger partial charge in [0.2, 0.25) is 5.91 Å². The highest BCUT2D eigenvalue weighted by atomic mass is 32.2. The van der Waals surface area contributed by atoms with Gasteiger partial charge in [-0.25, -0.2) is 0 Å². The van der Waals surface area contributed by atoms with Crippen LogP contribution in [-0.2, 0) is 24.8 Å². The van der Waals surface area contributed by atoms with Gasteiger partial charge >= 0.3 is 5.69 Å². The van der Waals surface area contributed by atoms with E-state index in [-0.39, 0.29) is 17.3 Å². The summed E-state index contributed by atoms with van der Waals surface area (Å²) in [5, 5.41) is 27.1. The monoisotopic (exact) mass is 395 g/mol. The molecular formula is C16H25N7O3S. The number of carbonyl (C=O) groups is 1. The lowest BCUT2D eigenvalue weighted by atomic mass is 10.2. The van der Waals surface area contributed by atoms with Gasteiger partial charge in [-0.2, -0.15) is 5.10 Å². The molecule has 2 heterocycles. The third kappa shape index (κ3) is 5.28. The van der Waals surface area contributed by atoms with Crippen molar-refractivity contribution in [2.24, 2.45) is 13.0 Å². The minimum Gasteiger partial charge on any atom is -0.355 e. The highest BCUT2D eigenvalue weighted by Crippen LogP contribution is 2.22. The maximum absolute atomic E-state index is 11.8. The molecule has 0 fully saturated rings. The lowest BCUT2D eigenvalue weighted by molar-refractivity contribution is -0.386. The Morgan fingerprint density at radius 3 is 2.63 bits per heavy atom. The molecule has 0 saturated carbocycles. The lowest BCUT2D eigenvalue weighted by Gasteiger charge is -2.07. The molecule has 0 aromatic carbocycles. The fourth-order valence-electron chi connectivity index (χ4n) is 2.56. The number of nitrogens with one attached hydrogen (secondary N) is 1. The summed E-state index contributed by atoms with van der Waals surface area (Å²) in [6.07, 6.45) is 0.530. The third-order valence-electron chi connectivity index (χ3n) is 4.04. The standard InChI is InChI=1S/C16H25N7O3S/c1-10(2)8-17-14(24)9-27-16-19-18-13(21(16)5)6-7-22-12(4)15(23(25)26)11(3)20-22/h10H,6-9H2,1-5H3,(H,17,24). The Morgan fingerprint density at radius 2 is 2.04 bits per heavy atom. The molecule has 11 heteroatoms. The van der Waals surface area contributed by atoms with Gasteiger partial charge in [0.1, 0.15) is 17.2 Å². The maximum atomic E-state index is 11.8. The molecule has 148 valence electrons. The number of rotatable bonds is 9. The van der Waals surface area contributed by atoms with Crippen LogP contribution in [0, 0.1) is 29.9 Å². The summed E-state index contributed by atoms with van der Waals surface area (Å²) in [6.45, 7) is 8.51. The van der Waals surface area contributed by atoms with E-state index in [0.717, 1.165) is 5.82 Å². The zero-order chi connectivity index (χ0) is 20.1. The van der Waals surface area contributed by atoms with E-state index >= 15 is 0 Å². The van der Waals surface area contributed by atoms with Gasteiger partial charge in [0.15, 0.2) is 5.16 Å². The van der Waals surface area contributed by atoms with Crippen molar-refractivity contribution in [2.45, 2.75) is 45.8 Å². The molecule has 0 radical (unpaired) electrons. The second kappa shape index (κ2) is 8.98. The molecule has 0 saturated heterocycles. The first kappa shape index (κ1) is 20.9. The predicted octanol–water partition coefficient (Wildman–Crippen LogP) is 1.64. The summed E-state index contributed by atoms with van der Waals surface area (Å²) in [4.78, 5) is 22.5. The second-order valence-corrected chi connectivity index (χ2v) is 7.64. The van der Waals surface area contributed by atoms with E-state index in [1.807, 2.05) is 25.5 Å². The van der Waals surface area contributed by atoms with E-state index in [1.54, 1.807) is 18.5 Å². The topological polar surface area (TPSA) is 121 Å². The smallest absolute Gasteiger partial charge is 0.312 e. The minimum absolute atomic E-state index is 0.0341. The minimum atomic E-state index is -0.407. The van der Waals surface area contributed by atoms with Crippen LogP contribution in [0.25, 0.3) is 0 Å². The lowest BCUT2D eigenvalue weighted by Crippen LogP contribution is -2.28. The summed E-state index contributed by atoms with van der Waals surface area (Å²) in [7, 11) is 1.84. The van der Waals surface area contributed by atoms with Gasteiger partial charge in [-0.15, -0.1) is 10.2 Å². The van der Waals surface area contributed by atoms with Crippen LogP contribution in [0.5, 0.6) is 0 Å². The zero-order valence-electron chi connectivity index (χ0n) is 16.2. The van der Waals surface area contributed by atoms with Gasteiger partial charge < -0.3 is 9.88 Å². The fourth-order valence-corrected chi connectivity index (χ4v) is 3.32. The fraction of sp³-hybridized carbons (Fsp3) is 0.625. The largest absolute Gasteiger partial charge is 0.355 e. The van der Waals surface area contributed by atoms with Crippen LogP contribution in [0.4, 0.5) is 5.69 Å². The number of thioether (sulfide) groups is 1. The highest BCUT2D eigenvalue weighted by Gasteiger charge is 2.22. The number of hydrogen-bond donors (Lipinski definition) is 1. The van der Waals surface area contributed by atoms with Crippen molar-refractivity contribution in [1.29, 1.82) is 0 Å². The average Bonchev–Trinajstić information content (AvgIpc) is 3.08. The number of aryl methyl sites for hydroxylation is 3. The van der Waals surface area contributed by atoms with Gasteiger partial charge in [-0.05, 0) is 19.8 Å². The molecular weight excluding hydrogens is 370 g/mol. The SMILES string of the molecule is Cc1nn(CCc2nnc(SCC(=O)NCC(C)C)n2C)c(C)c1[N+](=O)[O-]. The molecule has 0 aliphatic rings. The van der Waals surface area contributed by atoms with E-state index in [1.165, 1.54) is 11.8 Å². The van der Waals surface area contributed by atoms with Gasteiger partial charge in [-0.3, -0.25) is 19.6 Å². The maximum Gasteiger partial charge on any atom is 0.312 e. The molecule has 1 N–H and O–H groups in total. The third-order valence-corrected chi connectivity index (χ3v) is 5.06. The quantitative estimate of drug-likeness (QED) is 0.389. The van der Waals surface area contributed by atoms with E-state index in [4.69, 9.17) is 0 Å². The Hall–Kier alpha value is -2.43. The molecule has 1 amide bonds. The van der Waals surface area contributed by atoms with Crippen LogP contribution in [0.15, 0.2) is 5.16 Å². The van der Waals surface area contributed by atoms with Crippen LogP contribution in [0.2, 0.25) is 0 Å². The van der Waals surface area contributed by atoms with E-state index in [0.29, 0.717) is 42.0 Å². The van der Waals surface area contributed by atoms with Crippen molar-refractivity contribution in [3.63, 3.8) is 0 Å².